The minimum absolute atomic E-state index is 0.652. The molecule has 17 heavy (non-hydrogen) atoms. The number of aromatic nitrogens is 1. The van der Waals surface area contributed by atoms with Crippen molar-refractivity contribution >= 4 is 28.1 Å². The standard InChI is InChI=1S/C13H12N2OS/c1-7-3-5-9(14)11-12(7)16-13(15-11)10-6-4-8(2)17-10/h3-6H,14H2,1-2H3. The highest BCUT2D eigenvalue weighted by Gasteiger charge is 2.13. The molecule has 0 radical (unpaired) electrons. The first-order valence-electron chi connectivity index (χ1n) is 5.37. The van der Waals surface area contributed by atoms with Gasteiger partial charge in [0.25, 0.3) is 0 Å². The molecular formula is C13H12N2OS. The first kappa shape index (κ1) is 10.4. The first-order valence-corrected chi connectivity index (χ1v) is 6.19. The van der Waals surface area contributed by atoms with Crippen molar-refractivity contribution in [3.05, 3.63) is 34.7 Å². The second kappa shape index (κ2) is 3.60. The van der Waals surface area contributed by atoms with Gasteiger partial charge in [0.15, 0.2) is 5.58 Å². The number of hydrogen-bond donors (Lipinski definition) is 1. The minimum atomic E-state index is 0.652. The van der Waals surface area contributed by atoms with Gasteiger partial charge in [-0.3, -0.25) is 0 Å². The molecule has 0 fully saturated rings. The second-order valence-corrected chi connectivity index (χ2v) is 5.37. The van der Waals surface area contributed by atoms with E-state index in [0.29, 0.717) is 11.6 Å². The van der Waals surface area contributed by atoms with Crippen LogP contribution in [0.1, 0.15) is 10.4 Å². The van der Waals surface area contributed by atoms with Crippen molar-refractivity contribution in [3.63, 3.8) is 0 Å². The van der Waals surface area contributed by atoms with E-state index >= 15 is 0 Å². The Hall–Kier alpha value is -1.81. The molecule has 0 atom stereocenters. The Balaban J connectivity index is 2.26. The van der Waals surface area contributed by atoms with E-state index in [0.717, 1.165) is 21.5 Å². The quantitative estimate of drug-likeness (QED) is 0.663. The minimum Gasteiger partial charge on any atom is -0.435 e. The van der Waals surface area contributed by atoms with Gasteiger partial charge in [-0.1, -0.05) is 6.07 Å². The summed E-state index contributed by atoms with van der Waals surface area (Å²) in [4.78, 5) is 6.76. The van der Waals surface area contributed by atoms with Gasteiger partial charge in [0.1, 0.15) is 5.52 Å². The molecule has 86 valence electrons. The molecule has 0 aliphatic heterocycles. The summed E-state index contributed by atoms with van der Waals surface area (Å²) < 4.78 is 5.80. The van der Waals surface area contributed by atoms with Crippen LogP contribution in [-0.4, -0.2) is 4.98 Å². The Morgan fingerprint density at radius 3 is 2.65 bits per heavy atom. The molecule has 0 amide bonds. The highest BCUT2D eigenvalue weighted by molar-refractivity contribution is 7.15. The number of anilines is 1. The third kappa shape index (κ3) is 1.61. The smallest absolute Gasteiger partial charge is 0.237 e. The van der Waals surface area contributed by atoms with E-state index in [2.05, 4.69) is 18.0 Å². The van der Waals surface area contributed by atoms with Crippen molar-refractivity contribution in [2.75, 3.05) is 5.73 Å². The summed E-state index contributed by atoms with van der Waals surface area (Å²) in [5.41, 5.74) is 9.16. The van der Waals surface area contributed by atoms with Crippen LogP contribution in [0.25, 0.3) is 21.9 Å². The van der Waals surface area contributed by atoms with Crippen LogP contribution in [0.4, 0.5) is 5.69 Å². The normalized spacial score (nSPS) is 11.2. The Kier molecular flexibility index (Phi) is 2.19. The average molecular weight is 244 g/mol. The summed E-state index contributed by atoms with van der Waals surface area (Å²) in [5.74, 6) is 0.652. The van der Waals surface area contributed by atoms with Crippen molar-refractivity contribution in [2.24, 2.45) is 0 Å². The van der Waals surface area contributed by atoms with Gasteiger partial charge in [0, 0.05) is 4.88 Å². The zero-order valence-corrected chi connectivity index (χ0v) is 10.5. The maximum Gasteiger partial charge on any atom is 0.237 e. The number of nitrogens with two attached hydrogens (primary N) is 1. The van der Waals surface area contributed by atoms with E-state index < -0.39 is 0 Å². The second-order valence-electron chi connectivity index (χ2n) is 4.08. The number of nitrogens with zero attached hydrogens (tertiary/aromatic N) is 1. The monoisotopic (exact) mass is 244 g/mol. The summed E-state index contributed by atoms with van der Waals surface area (Å²) in [6, 6.07) is 7.90. The number of oxazole rings is 1. The average Bonchev–Trinajstić information content (AvgIpc) is 2.90. The van der Waals surface area contributed by atoms with Crippen LogP contribution < -0.4 is 5.73 Å². The molecule has 0 saturated heterocycles. The number of aryl methyl sites for hydroxylation is 2. The molecule has 1 aromatic carbocycles. The van der Waals surface area contributed by atoms with Crippen LogP contribution >= 0.6 is 11.3 Å². The molecule has 3 nitrogen and oxygen atoms in total. The number of hydrogen-bond acceptors (Lipinski definition) is 4. The molecule has 0 saturated carbocycles. The molecule has 0 aliphatic rings. The predicted octanol–water partition coefficient (Wildman–Crippen LogP) is 3.76. The predicted molar refractivity (Wildman–Crippen MR) is 71.2 cm³/mol. The third-order valence-corrected chi connectivity index (χ3v) is 3.71. The lowest BCUT2D eigenvalue weighted by Crippen LogP contribution is -1.86. The molecule has 2 heterocycles. The van der Waals surface area contributed by atoms with E-state index in [9.17, 15) is 0 Å². The molecule has 3 aromatic rings. The molecular weight excluding hydrogens is 232 g/mol. The summed E-state index contributed by atoms with van der Waals surface area (Å²) >= 11 is 1.67. The zero-order chi connectivity index (χ0) is 12.0. The van der Waals surface area contributed by atoms with Crippen molar-refractivity contribution in [3.8, 4) is 10.8 Å². The topological polar surface area (TPSA) is 52.0 Å². The highest BCUT2D eigenvalue weighted by atomic mass is 32.1. The van der Waals surface area contributed by atoms with E-state index in [4.69, 9.17) is 10.2 Å². The Morgan fingerprint density at radius 2 is 2.00 bits per heavy atom. The Labute approximate surface area is 103 Å². The van der Waals surface area contributed by atoms with Gasteiger partial charge < -0.3 is 10.2 Å². The Bertz CT molecular complexity index is 658. The van der Waals surface area contributed by atoms with Crippen LogP contribution in [0.3, 0.4) is 0 Å². The fraction of sp³-hybridized carbons (Fsp3) is 0.154. The van der Waals surface area contributed by atoms with Crippen molar-refractivity contribution in [1.29, 1.82) is 0 Å². The van der Waals surface area contributed by atoms with Crippen LogP contribution in [0.2, 0.25) is 0 Å². The third-order valence-electron chi connectivity index (χ3n) is 2.72. The largest absolute Gasteiger partial charge is 0.435 e. The molecule has 0 unspecified atom stereocenters. The van der Waals surface area contributed by atoms with Gasteiger partial charge in [0.2, 0.25) is 5.89 Å². The number of nitrogen functional groups attached to an aromatic ring is 1. The maximum atomic E-state index is 5.90. The lowest BCUT2D eigenvalue weighted by atomic mass is 10.2. The molecule has 4 heteroatoms. The summed E-state index contributed by atoms with van der Waals surface area (Å²) in [5, 5.41) is 0. The van der Waals surface area contributed by atoms with Gasteiger partial charge >= 0.3 is 0 Å². The van der Waals surface area contributed by atoms with Gasteiger partial charge in [-0.2, -0.15) is 0 Å². The molecule has 0 bridgehead atoms. The SMILES string of the molecule is Cc1ccc(-c2nc3c(N)ccc(C)c3o2)s1. The molecule has 3 rings (SSSR count). The lowest BCUT2D eigenvalue weighted by molar-refractivity contribution is 0.619. The lowest BCUT2D eigenvalue weighted by Gasteiger charge is -1.95. The number of benzene rings is 1. The van der Waals surface area contributed by atoms with E-state index in [1.54, 1.807) is 11.3 Å². The maximum absolute atomic E-state index is 5.90. The fourth-order valence-corrected chi connectivity index (χ4v) is 2.60. The van der Waals surface area contributed by atoms with Gasteiger partial charge in [-0.15, -0.1) is 11.3 Å². The number of fused-ring (bicyclic) bond motifs is 1. The Morgan fingerprint density at radius 1 is 1.18 bits per heavy atom. The van der Waals surface area contributed by atoms with Gasteiger partial charge in [-0.25, -0.2) is 4.98 Å². The molecule has 0 spiro atoms. The van der Waals surface area contributed by atoms with E-state index in [1.165, 1.54) is 4.88 Å². The van der Waals surface area contributed by atoms with Gasteiger partial charge in [-0.05, 0) is 37.6 Å². The van der Waals surface area contributed by atoms with Gasteiger partial charge in [0.05, 0.1) is 10.6 Å². The van der Waals surface area contributed by atoms with Crippen molar-refractivity contribution in [2.45, 2.75) is 13.8 Å². The highest BCUT2D eigenvalue weighted by Crippen LogP contribution is 2.32. The van der Waals surface area contributed by atoms with E-state index in [-0.39, 0.29) is 0 Å². The number of rotatable bonds is 1. The van der Waals surface area contributed by atoms with Crippen LogP contribution in [0, 0.1) is 13.8 Å². The van der Waals surface area contributed by atoms with Crippen molar-refractivity contribution in [1.82, 2.24) is 4.98 Å². The fourth-order valence-electron chi connectivity index (χ4n) is 1.81. The summed E-state index contributed by atoms with van der Waals surface area (Å²) in [7, 11) is 0. The van der Waals surface area contributed by atoms with Crippen LogP contribution in [0.15, 0.2) is 28.7 Å². The van der Waals surface area contributed by atoms with Crippen molar-refractivity contribution < 1.29 is 4.42 Å². The van der Waals surface area contributed by atoms with Crippen LogP contribution in [0.5, 0.6) is 0 Å². The summed E-state index contributed by atoms with van der Waals surface area (Å²) in [6.45, 7) is 4.06. The first-order chi connectivity index (χ1) is 8.15. The summed E-state index contributed by atoms with van der Waals surface area (Å²) in [6.07, 6.45) is 0. The molecule has 2 N–H and O–H groups in total. The number of thiophene rings is 1. The molecule has 0 aliphatic carbocycles. The zero-order valence-electron chi connectivity index (χ0n) is 9.65. The van der Waals surface area contributed by atoms with E-state index in [1.807, 2.05) is 25.1 Å². The molecule has 2 aromatic heterocycles. The van der Waals surface area contributed by atoms with Crippen LogP contribution in [-0.2, 0) is 0 Å².